The summed E-state index contributed by atoms with van der Waals surface area (Å²) in [5.41, 5.74) is 0.644. The lowest BCUT2D eigenvalue weighted by atomic mass is 9.78. The van der Waals surface area contributed by atoms with Gasteiger partial charge in [-0.1, -0.05) is 72.3 Å². The molecule has 0 aromatic heterocycles. The first kappa shape index (κ1) is 33.5. The maximum absolute atomic E-state index is 13.8. The number of hydrogen-bond donors (Lipinski definition) is 0. The van der Waals surface area contributed by atoms with Crippen LogP contribution in [0.25, 0.3) is 0 Å². The van der Waals surface area contributed by atoms with Crippen molar-refractivity contribution in [3.63, 3.8) is 0 Å². The molecule has 44 heavy (non-hydrogen) atoms. The smallest absolute Gasteiger partial charge is 0.367 e. The molecule has 8 nitrogen and oxygen atoms in total. The molecule has 1 aliphatic rings. The molecule has 1 fully saturated rings. The number of hydrogen-bond acceptors (Lipinski definition) is 8. The Labute approximate surface area is 257 Å². The number of Topliss-reactive ketones (excluding diaryl/α,β-unsaturated/α-hetero) is 3. The van der Waals surface area contributed by atoms with Gasteiger partial charge >= 0.3 is 6.18 Å². The lowest BCUT2D eigenvalue weighted by Gasteiger charge is -2.32. The Bertz CT molecular complexity index is 1550. The van der Waals surface area contributed by atoms with Crippen LogP contribution in [0.1, 0.15) is 33.5 Å². The first-order chi connectivity index (χ1) is 20.8. The molecule has 13 heteroatoms. The Morgan fingerprint density at radius 1 is 0.841 bits per heavy atom. The minimum atomic E-state index is -4.71. The fourth-order valence-electron chi connectivity index (χ4n) is 4.74. The van der Waals surface area contributed by atoms with E-state index in [9.17, 15) is 36.0 Å². The monoisotopic (exact) mass is 652 g/mol. The molecule has 234 valence electrons. The van der Waals surface area contributed by atoms with Crippen LogP contribution in [0, 0.1) is 5.92 Å². The zero-order valence-electron chi connectivity index (χ0n) is 23.4. The Kier molecular flexibility index (Phi) is 10.7. The fourth-order valence-corrected chi connectivity index (χ4v) is 6.03. The number of carbonyl (C=O) groups excluding carboxylic acids is 3. The molecular weight excluding hydrogens is 625 g/mol. The normalized spacial score (nSPS) is 19.2. The molecule has 0 N–H and O–H groups in total. The number of ether oxygens (including phenoxy) is 3. The van der Waals surface area contributed by atoms with E-state index in [-0.39, 0.29) is 19.6 Å². The first-order valence-corrected chi connectivity index (χ1v) is 15.6. The van der Waals surface area contributed by atoms with Gasteiger partial charge in [-0.05, 0) is 23.3 Å². The number of halogens is 4. The van der Waals surface area contributed by atoms with Gasteiger partial charge in [-0.2, -0.15) is 13.2 Å². The Balaban J connectivity index is 1.66. The van der Waals surface area contributed by atoms with Crippen LogP contribution in [0.4, 0.5) is 13.2 Å². The summed E-state index contributed by atoms with van der Waals surface area (Å²) in [6.45, 7) is -2.60. The summed E-state index contributed by atoms with van der Waals surface area (Å²) in [4.78, 5) is 40.5. The molecule has 0 amide bonds. The van der Waals surface area contributed by atoms with Crippen LogP contribution < -0.4 is 0 Å². The lowest BCUT2D eigenvalue weighted by Crippen LogP contribution is -2.51. The summed E-state index contributed by atoms with van der Waals surface area (Å²) >= 11 is 6.40. The average molecular weight is 653 g/mol. The largest absolute Gasteiger partial charge is 0.411 e. The molecular formula is C31H28ClF3O8S. The maximum Gasteiger partial charge on any atom is 0.411 e. The third-order valence-electron chi connectivity index (χ3n) is 6.86. The summed E-state index contributed by atoms with van der Waals surface area (Å²) in [6.07, 6.45) is -6.49. The van der Waals surface area contributed by atoms with Gasteiger partial charge in [0.2, 0.25) is 0 Å². The third kappa shape index (κ3) is 8.39. The summed E-state index contributed by atoms with van der Waals surface area (Å²) in [7, 11) is -4.03. The van der Waals surface area contributed by atoms with Crippen LogP contribution in [0.2, 0.25) is 5.02 Å². The van der Waals surface area contributed by atoms with Gasteiger partial charge in [0.25, 0.3) is 0 Å². The van der Waals surface area contributed by atoms with Crippen molar-refractivity contribution in [1.29, 1.82) is 0 Å². The minimum Gasteiger partial charge on any atom is -0.367 e. The molecule has 3 aromatic rings. The molecule has 0 aliphatic heterocycles. The van der Waals surface area contributed by atoms with Gasteiger partial charge in [0.1, 0.15) is 24.7 Å². The van der Waals surface area contributed by atoms with E-state index in [0.717, 1.165) is 29.5 Å². The van der Waals surface area contributed by atoms with Crippen LogP contribution in [0.3, 0.4) is 0 Å². The molecule has 1 saturated carbocycles. The standard InChI is InChI=1S/C31H28ClF3O8S/c1-44(39,40)25-13-12-21(27(32)22(25)17-41-18-31(33,34)35)28(36)26-29(37)23(42-15-19-8-4-2-5-9-19)14-24(30(26)38)43-16-20-10-6-3-7-11-20/h2-13,23-24,26H,14-18H2,1H3. The third-order valence-corrected chi connectivity index (χ3v) is 8.47. The van der Waals surface area contributed by atoms with Crippen LogP contribution in [-0.2, 0) is 53.5 Å². The van der Waals surface area contributed by atoms with E-state index in [4.69, 9.17) is 21.1 Å². The molecule has 0 radical (unpaired) electrons. The number of rotatable bonds is 12. The Morgan fingerprint density at radius 3 is 1.80 bits per heavy atom. The SMILES string of the molecule is CS(=O)(=O)c1ccc(C(=O)C2C(=O)C(OCc3ccccc3)CC(OCc3ccccc3)C2=O)c(Cl)c1COCC(F)(F)F. The summed E-state index contributed by atoms with van der Waals surface area (Å²) in [6, 6.07) is 19.8. The quantitative estimate of drug-likeness (QED) is 0.191. The van der Waals surface area contributed by atoms with Crippen molar-refractivity contribution >= 4 is 38.8 Å². The van der Waals surface area contributed by atoms with Gasteiger partial charge in [0.15, 0.2) is 27.2 Å². The highest BCUT2D eigenvalue weighted by molar-refractivity contribution is 7.90. The second kappa shape index (κ2) is 14.1. The van der Waals surface area contributed by atoms with E-state index in [0.29, 0.717) is 0 Å². The van der Waals surface area contributed by atoms with Gasteiger partial charge in [-0.3, -0.25) is 14.4 Å². The van der Waals surface area contributed by atoms with Crippen molar-refractivity contribution in [3.05, 3.63) is 100 Å². The second-order valence-electron chi connectivity index (χ2n) is 10.2. The van der Waals surface area contributed by atoms with Crippen LogP contribution in [-0.4, -0.2) is 57.0 Å². The summed E-state index contributed by atoms with van der Waals surface area (Å²) in [5.74, 6) is -4.67. The second-order valence-corrected chi connectivity index (χ2v) is 12.6. The van der Waals surface area contributed by atoms with Crippen molar-refractivity contribution in [2.45, 2.75) is 49.5 Å². The van der Waals surface area contributed by atoms with E-state index in [1.807, 2.05) is 0 Å². The van der Waals surface area contributed by atoms with E-state index >= 15 is 0 Å². The molecule has 2 unspecified atom stereocenters. The zero-order chi connectivity index (χ0) is 32.1. The topological polar surface area (TPSA) is 113 Å². The molecule has 0 heterocycles. The number of ketones is 3. The number of alkyl halides is 3. The maximum atomic E-state index is 13.8. The Hall–Kier alpha value is -3.42. The van der Waals surface area contributed by atoms with Crippen molar-refractivity contribution < 1.29 is 50.2 Å². The van der Waals surface area contributed by atoms with E-state index in [2.05, 4.69) is 4.74 Å². The predicted octanol–water partition coefficient (Wildman–Crippen LogP) is 5.33. The van der Waals surface area contributed by atoms with Gasteiger partial charge in [0, 0.05) is 23.8 Å². The number of carbonyl (C=O) groups is 3. The van der Waals surface area contributed by atoms with Crippen molar-refractivity contribution in [1.82, 2.24) is 0 Å². The molecule has 3 aromatic carbocycles. The summed E-state index contributed by atoms with van der Waals surface area (Å²) < 4.78 is 79.2. The van der Waals surface area contributed by atoms with Crippen molar-refractivity contribution in [2.75, 3.05) is 12.9 Å². The highest BCUT2D eigenvalue weighted by Gasteiger charge is 2.48. The molecule has 2 atom stereocenters. The van der Waals surface area contributed by atoms with Gasteiger partial charge in [-0.25, -0.2) is 8.42 Å². The summed E-state index contributed by atoms with van der Waals surface area (Å²) in [5, 5.41) is -0.546. The zero-order valence-corrected chi connectivity index (χ0v) is 25.0. The fraction of sp³-hybridized carbons (Fsp3) is 0.323. The van der Waals surface area contributed by atoms with E-state index < -0.39 is 85.7 Å². The number of sulfone groups is 1. The number of benzene rings is 3. The minimum absolute atomic E-state index is 0.00224. The van der Waals surface area contributed by atoms with Crippen LogP contribution >= 0.6 is 11.6 Å². The molecule has 0 bridgehead atoms. The van der Waals surface area contributed by atoms with Gasteiger partial charge < -0.3 is 14.2 Å². The van der Waals surface area contributed by atoms with Crippen molar-refractivity contribution in [2.24, 2.45) is 5.92 Å². The molecule has 0 saturated heterocycles. The first-order valence-electron chi connectivity index (χ1n) is 13.3. The average Bonchev–Trinajstić information content (AvgIpc) is 2.97. The Morgan fingerprint density at radius 2 is 1.34 bits per heavy atom. The van der Waals surface area contributed by atoms with Crippen LogP contribution in [0.15, 0.2) is 77.7 Å². The van der Waals surface area contributed by atoms with Crippen LogP contribution in [0.5, 0.6) is 0 Å². The van der Waals surface area contributed by atoms with E-state index in [1.165, 1.54) is 0 Å². The van der Waals surface area contributed by atoms with E-state index in [1.54, 1.807) is 60.7 Å². The van der Waals surface area contributed by atoms with Crippen molar-refractivity contribution in [3.8, 4) is 0 Å². The molecule has 4 rings (SSSR count). The van der Waals surface area contributed by atoms with Gasteiger partial charge in [-0.15, -0.1) is 0 Å². The lowest BCUT2D eigenvalue weighted by molar-refractivity contribution is -0.176. The highest BCUT2D eigenvalue weighted by atomic mass is 35.5. The molecule has 0 spiro atoms. The highest BCUT2D eigenvalue weighted by Crippen LogP contribution is 2.34. The van der Waals surface area contributed by atoms with Gasteiger partial charge in [0.05, 0.1) is 29.7 Å². The predicted molar refractivity (Wildman–Crippen MR) is 153 cm³/mol. The molecule has 1 aliphatic carbocycles.